The molecule has 2 unspecified atom stereocenters. The molecule has 3 heteroatoms. The fourth-order valence-electron chi connectivity index (χ4n) is 3.22. The number of aryl methyl sites for hydroxylation is 1. The third kappa shape index (κ3) is 4.05. The van der Waals surface area contributed by atoms with Gasteiger partial charge in [0.15, 0.2) is 0 Å². The van der Waals surface area contributed by atoms with E-state index >= 15 is 0 Å². The standard InChI is InChI=1S/C17H27NO2/c1-18-17-15(7-5-11-20-13-12-19-2)10-9-14-6-3-4-8-16(14)17/h3-4,6,8,15,17-18H,5,7,9-13H2,1-2H3. The summed E-state index contributed by atoms with van der Waals surface area (Å²) in [6.07, 6.45) is 4.85. The topological polar surface area (TPSA) is 30.5 Å². The van der Waals surface area contributed by atoms with Crippen LogP contribution in [0.3, 0.4) is 0 Å². The van der Waals surface area contributed by atoms with Crippen molar-refractivity contribution < 1.29 is 9.47 Å². The second-order valence-electron chi connectivity index (χ2n) is 5.51. The quantitative estimate of drug-likeness (QED) is 0.741. The van der Waals surface area contributed by atoms with Gasteiger partial charge in [0.2, 0.25) is 0 Å². The molecule has 1 aromatic carbocycles. The maximum absolute atomic E-state index is 5.56. The molecule has 0 bridgehead atoms. The van der Waals surface area contributed by atoms with Crippen LogP contribution in [0.5, 0.6) is 0 Å². The van der Waals surface area contributed by atoms with E-state index in [2.05, 4.69) is 36.6 Å². The zero-order chi connectivity index (χ0) is 14.2. The maximum Gasteiger partial charge on any atom is 0.0700 e. The molecule has 0 fully saturated rings. The van der Waals surface area contributed by atoms with E-state index in [4.69, 9.17) is 9.47 Å². The fraction of sp³-hybridized carbons (Fsp3) is 0.647. The van der Waals surface area contributed by atoms with Crippen molar-refractivity contribution in [1.29, 1.82) is 0 Å². The third-order valence-electron chi connectivity index (χ3n) is 4.25. The van der Waals surface area contributed by atoms with Gasteiger partial charge in [0.25, 0.3) is 0 Å². The number of benzene rings is 1. The van der Waals surface area contributed by atoms with Crippen molar-refractivity contribution in [2.24, 2.45) is 5.92 Å². The van der Waals surface area contributed by atoms with E-state index in [-0.39, 0.29) is 0 Å². The van der Waals surface area contributed by atoms with Crippen molar-refractivity contribution >= 4 is 0 Å². The number of methoxy groups -OCH3 is 1. The minimum absolute atomic E-state index is 0.499. The fourth-order valence-corrected chi connectivity index (χ4v) is 3.22. The van der Waals surface area contributed by atoms with Gasteiger partial charge in [0, 0.05) is 19.8 Å². The van der Waals surface area contributed by atoms with Crippen LogP contribution in [0.2, 0.25) is 0 Å². The molecule has 0 heterocycles. The molecular formula is C17H27NO2. The van der Waals surface area contributed by atoms with E-state index in [1.807, 2.05) is 0 Å². The number of fused-ring (bicyclic) bond motifs is 1. The molecule has 20 heavy (non-hydrogen) atoms. The molecule has 2 rings (SSSR count). The molecule has 0 saturated carbocycles. The smallest absolute Gasteiger partial charge is 0.0700 e. The highest BCUT2D eigenvalue weighted by molar-refractivity contribution is 5.32. The summed E-state index contributed by atoms with van der Waals surface area (Å²) >= 11 is 0. The summed E-state index contributed by atoms with van der Waals surface area (Å²) in [5.41, 5.74) is 3.01. The van der Waals surface area contributed by atoms with Gasteiger partial charge in [0.05, 0.1) is 13.2 Å². The minimum Gasteiger partial charge on any atom is -0.382 e. The highest BCUT2D eigenvalue weighted by Crippen LogP contribution is 2.36. The van der Waals surface area contributed by atoms with Crippen LogP contribution >= 0.6 is 0 Å². The summed E-state index contributed by atoms with van der Waals surface area (Å²) < 4.78 is 10.5. The highest BCUT2D eigenvalue weighted by Gasteiger charge is 2.27. The van der Waals surface area contributed by atoms with Gasteiger partial charge in [-0.25, -0.2) is 0 Å². The minimum atomic E-state index is 0.499. The van der Waals surface area contributed by atoms with Gasteiger partial charge in [-0.2, -0.15) is 0 Å². The second-order valence-corrected chi connectivity index (χ2v) is 5.51. The van der Waals surface area contributed by atoms with Crippen LogP contribution in [0.4, 0.5) is 0 Å². The first-order valence-electron chi connectivity index (χ1n) is 7.68. The normalized spacial score (nSPS) is 21.7. The van der Waals surface area contributed by atoms with E-state index in [0.29, 0.717) is 19.3 Å². The summed E-state index contributed by atoms with van der Waals surface area (Å²) in [5, 5.41) is 3.51. The van der Waals surface area contributed by atoms with E-state index in [9.17, 15) is 0 Å². The predicted molar refractivity (Wildman–Crippen MR) is 82.0 cm³/mol. The van der Waals surface area contributed by atoms with Gasteiger partial charge in [-0.05, 0) is 49.8 Å². The van der Waals surface area contributed by atoms with Crippen LogP contribution in [0.15, 0.2) is 24.3 Å². The molecule has 1 aliphatic rings. The number of nitrogens with one attached hydrogen (secondary N) is 1. The lowest BCUT2D eigenvalue weighted by molar-refractivity contribution is 0.0661. The van der Waals surface area contributed by atoms with Crippen LogP contribution in [0, 0.1) is 5.92 Å². The van der Waals surface area contributed by atoms with Gasteiger partial charge in [-0.3, -0.25) is 0 Å². The predicted octanol–water partition coefficient (Wildman–Crippen LogP) is 2.95. The van der Waals surface area contributed by atoms with Crippen molar-refractivity contribution in [2.75, 3.05) is 34.0 Å². The molecular weight excluding hydrogens is 250 g/mol. The van der Waals surface area contributed by atoms with E-state index in [1.54, 1.807) is 7.11 Å². The first kappa shape index (κ1) is 15.5. The van der Waals surface area contributed by atoms with E-state index in [0.717, 1.165) is 18.9 Å². The number of ether oxygens (including phenoxy) is 2. The van der Waals surface area contributed by atoms with E-state index < -0.39 is 0 Å². The lowest BCUT2D eigenvalue weighted by Crippen LogP contribution is -2.30. The highest BCUT2D eigenvalue weighted by atomic mass is 16.5. The lowest BCUT2D eigenvalue weighted by Gasteiger charge is -2.33. The molecule has 0 aliphatic heterocycles. The lowest BCUT2D eigenvalue weighted by atomic mass is 9.78. The molecule has 1 aliphatic carbocycles. The Kier molecular flexibility index (Phi) is 6.51. The first-order valence-corrected chi connectivity index (χ1v) is 7.68. The summed E-state index contributed by atoms with van der Waals surface area (Å²) in [6, 6.07) is 9.34. The molecule has 0 radical (unpaired) electrons. The van der Waals surface area contributed by atoms with Gasteiger partial charge < -0.3 is 14.8 Å². The summed E-state index contributed by atoms with van der Waals surface area (Å²) in [7, 11) is 3.79. The number of hydrogen-bond donors (Lipinski definition) is 1. The SMILES string of the molecule is CNC1c2ccccc2CCC1CCCOCCOC. The zero-order valence-electron chi connectivity index (χ0n) is 12.7. The van der Waals surface area contributed by atoms with Crippen LogP contribution in [-0.4, -0.2) is 34.0 Å². The van der Waals surface area contributed by atoms with Crippen molar-refractivity contribution in [1.82, 2.24) is 5.32 Å². The Balaban J connectivity index is 1.81. The van der Waals surface area contributed by atoms with Gasteiger partial charge in [-0.15, -0.1) is 0 Å². The van der Waals surface area contributed by atoms with Crippen LogP contribution in [0.25, 0.3) is 0 Å². The van der Waals surface area contributed by atoms with Crippen LogP contribution < -0.4 is 5.32 Å². The Morgan fingerprint density at radius 2 is 2.05 bits per heavy atom. The first-order chi connectivity index (χ1) is 9.86. The molecule has 3 nitrogen and oxygen atoms in total. The number of hydrogen-bond acceptors (Lipinski definition) is 3. The molecule has 1 aromatic rings. The molecule has 2 atom stereocenters. The molecule has 0 spiro atoms. The second kappa shape index (κ2) is 8.40. The summed E-state index contributed by atoms with van der Waals surface area (Å²) in [6.45, 7) is 2.24. The molecule has 1 N–H and O–H groups in total. The Labute approximate surface area is 122 Å². The van der Waals surface area contributed by atoms with Crippen molar-refractivity contribution in [3.63, 3.8) is 0 Å². The molecule has 0 amide bonds. The molecule has 0 saturated heterocycles. The van der Waals surface area contributed by atoms with E-state index in [1.165, 1.54) is 30.4 Å². The van der Waals surface area contributed by atoms with Crippen LogP contribution in [-0.2, 0) is 15.9 Å². The summed E-state index contributed by atoms with van der Waals surface area (Å²) in [4.78, 5) is 0. The average molecular weight is 277 g/mol. The Morgan fingerprint density at radius 1 is 1.20 bits per heavy atom. The third-order valence-corrected chi connectivity index (χ3v) is 4.25. The Morgan fingerprint density at radius 3 is 2.85 bits per heavy atom. The Bertz CT molecular complexity index is 394. The average Bonchev–Trinajstić information content (AvgIpc) is 2.50. The molecule has 112 valence electrons. The molecule has 0 aromatic heterocycles. The van der Waals surface area contributed by atoms with Crippen molar-refractivity contribution in [3.05, 3.63) is 35.4 Å². The van der Waals surface area contributed by atoms with Crippen molar-refractivity contribution in [2.45, 2.75) is 31.7 Å². The monoisotopic (exact) mass is 277 g/mol. The van der Waals surface area contributed by atoms with Crippen LogP contribution in [0.1, 0.15) is 36.4 Å². The van der Waals surface area contributed by atoms with Gasteiger partial charge in [0.1, 0.15) is 0 Å². The maximum atomic E-state index is 5.56. The van der Waals surface area contributed by atoms with Crippen molar-refractivity contribution in [3.8, 4) is 0 Å². The van der Waals surface area contributed by atoms with Gasteiger partial charge >= 0.3 is 0 Å². The van der Waals surface area contributed by atoms with Gasteiger partial charge in [-0.1, -0.05) is 24.3 Å². The zero-order valence-corrected chi connectivity index (χ0v) is 12.7. The largest absolute Gasteiger partial charge is 0.382 e. The Hall–Kier alpha value is -0.900. The number of rotatable bonds is 8. The summed E-state index contributed by atoms with van der Waals surface area (Å²) in [5.74, 6) is 0.723.